The van der Waals surface area contributed by atoms with Gasteiger partial charge in [0.15, 0.2) is 5.96 Å². The SMILES string of the molecule is CCC(CC)CNC(=NC)NCc1cccc(-n2cccn2)c1. The Bertz CT molecular complexity index is 600. The zero-order chi connectivity index (χ0) is 16.5. The van der Waals surface area contributed by atoms with Crippen LogP contribution in [0.1, 0.15) is 32.3 Å². The van der Waals surface area contributed by atoms with Crippen molar-refractivity contribution in [2.45, 2.75) is 33.2 Å². The Morgan fingerprint density at radius 2 is 2.04 bits per heavy atom. The first-order valence-corrected chi connectivity index (χ1v) is 8.30. The first-order valence-electron chi connectivity index (χ1n) is 8.30. The molecule has 5 heteroatoms. The van der Waals surface area contributed by atoms with Gasteiger partial charge in [-0.2, -0.15) is 5.10 Å². The maximum atomic E-state index is 4.29. The Kier molecular flexibility index (Phi) is 6.66. The zero-order valence-corrected chi connectivity index (χ0v) is 14.3. The minimum atomic E-state index is 0.691. The van der Waals surface area contributed by atoms with Gasteiger partial charge in [0, 0.05) is 32.5 Å². The molecule has 1 aromatic carbocycles. The van der Waals surface area contributed by atoms with Crippen LogP contribution in [0.3, 0.4) is 0 Å². The summed E-state index contributed by atoms with van der Waals surface area (Å²) in [4.78, 5) is 4.29. The molecule has 0 aliphatic rings. The van der Waals surface area contributed by atoms with E-state index in [4.69, 9.17) is 0 Å². The number of rotatable bonds is 7. The highest BCUT2D eigenvalue weighted by molar-refractivity contribution is 5.79. The summed E-state index contributed by atoms with van der Waals surface area (Å²) in [5.41, 5.74) is 2.26. The maximum Gasteiger partial charge on any atom is 0.191 e. The number of guanidine groups is 1. The number of benzene rings is 1. The highest BCUT2D eigenvalue weighted by Gasteiger charge is 2.05. The Morgan fingerprint density at radius 1 is 1.22 bits per heavy atom. The second-order valence-corrected chi connectivity index (χ2v) is 5.61. The summed E-state index contributed by atoms with van der Waals surface area (Å²) in [5.74, 6) is 1.54. The quantitative estimate of drug-likeness (QED) is 0.610. The van der Waals surface area contributed by atoms with Gasteiger partial charge in [0.2, 0.25) is 0 Å². The minimum Gasteiger partial charge on any atom is -0.356 e. The van der Waals surface area contributed by atoms with Gasteiger partial charge < -0.3 is 10.6 Å². The van der Waals surface area contributed by atoms with E-state index in [1.165, 1.54) is 18.4 Å². The van der Waals surface area contributed by atoms with Gasteiger partial charge in [-0.15, -0.1) is 0 Å². The van der Waals surface area contributed by atoms with Crippen LogP contribution in [0.4, 0.5) is 0 Å². The predicted octanol–water partition coefficient (Wildman–Crippen LogP) is 2.97. The first kappa shape index (κ1) is 17.1. The minimum absolute atomic E-state index is 0.691. The van der Waals surface area contributed by atoms with E-state index in [1.807, 2.05) is 24.0 Å². The molecule has 0 aliphatic carbocycles. The summed E-state index contributed by atoms with van der Waals surface area (Å²) in [6, 6.07) is 10.3. The average Bonchev–Trinajstić information content (AvgIpc) is 3.13. The molecule has 0 saturated carbocycles. The summed E-state index contributed by atoms with van der Waals surface area (Å²) in [7, 11) is 1.81. The van der Waals surface area contributed by atoms with Crippen molar-refractivity contribution in [1.82, 2.24) is 20.4 Å². The Hall–Kier alpha value is -2.30. The first-order chi connectivity index (χ1) is 11.3. The molecular weight excluding hydrogens is 286 g/mol. The molecule has 2 N–H and O–H groups in total. The molecule has 2 aromatic rings. The maximum absolute atomic E-state index is 4.29. The van der Waals surface area contributed by atoms with Crippen molar-refractivity contribution in [3.8, 4) is 5.69 Å². The van der Waals surface area contributed by atoms with Crippen LogP contribution in [-0.2, 0) is 6.54 Å². The van der Waals surface area contributed by atoms with Crippen LogP contribution in [0.2, 0.25) is 0 Å². The van der Waals surface area contributed by atoms with Crippen molar-refractivity contribution in [2.24, 2.45) is 10.9 Å². The van der Waals surface area contributed by atoms with E-state index in [2.05, 4.69) is 58.8 Å². The predicted molar refractivity (Wildman–Crippen MR) is 95.8 cm³/mol. The van der Waals surface area contributed by atoms with Crippen LogP contribution < -0.4 is 10.6 Å². The molecule has 0 bridgehead atoms. The Balaban J connectivity index is 1.90. The van der Waals surface area contributed by atoms with E-state index in [1.54, 1.807) is 6.20 Å². The van der Waals surface area contributed by atoms with Crippen molar-refractivity contribution in [3.05, 3.63) is 48.3 Å². The van der Waals surface area contributed by atoms with Gasteiger partial charge in [0.25, 0.3) is 0 Å². The smallest absolute Gasteiger partial charge is 0.191 e. The third-order valence-electron chi connectivity index (χ3n) is 4.08. The molecule has 0 fully saturated rings. The molecule has 1 heterocycles. The fraction of sp³-hybridized carbons (Fsp3) is 0.444. The van der Waals surface area contributed by atoms with Gasteiger partial charge in [-0.3, -0.25) is 4.99 Å². The number of aromatic nitrogens is 2. The van der Waals surface area contributed by atoms with Crippen molar-refractivity contribution in [3.63, 3.8) is 0 Å². The lowest BCUT2D eigenvalue weighted by atomic mass is 10.0. The molecule has 0 spiro atoms. The van der Waals surface area contributed by atoms with Gasteiger partial charge in [0.1, 0.15) is 0 Å². The van der Waals surface area contributed by atoms with Crippen molar-refractivity contribution in [1.29, 1.82) is 0 Å². The van der Waals surface area contributed by atoms with Crippen LogP contribution in [0.5, 0.6) is 0 Å². The Morgan fingerprint density at radius 3 is 2.70 bits per heavy atom. The van der Waals surface area contributed by atoms with Crippen LogP contribution >= 0.6 is 0 Å². The highest BCUT2D eigenvalue weighted by atomic mass is 15.3. The normalized spacial score (nSPS) is 11.7. The molecule has 0 unspecified atom stereocenters. The lowest BCUT2D eigenvalue weighted by Gasteiger charge is -2.17. The molecule has 0 amide bonds. The van der Waals surface area contributed by atoms with E-state index < -0.39 is 0 Å². The van der Waals surface area contributed by atoms with E-state index in [-0.39, 0.29) is 0 Å². The van der Waals surface area contributed by atoms with Crippen molar-refractivity contribution < 1.29 is 0 Å². The molecule has 5 nitrogen and oxygen atoms in total. The second-order valence-electron chi connectivity index (χ2n) is 5.61. The fourth-order valence-electron chi connectivity index (χ4n) is 2.46. The zero-order valence-electron chi connectivity index (χ0n) is 14.3. The van der Waals surface area contributed by atoms with Gasteiger partial charge >= 0.3 is 0 Å². The molecule has 23 heavy (non-hydrogen) atoms. The molecular formula is C18H27N5. The van der Waals surface area contributed by atoms with Crippen molar-refractivity contribution >= 4 is 5.96 Å². The molecule has 1 aromatic heterocycles. The van der Waals surface area contributed by atoms with E-state index >= 15 is 0 Å². The molecule has 0 aliphatic heterocycles. The standard InChI is InChI=1S/C18H27N5/c1-4-15(5-2)13-20-18(19-3)21-14-16-8-6-9-17(12-16)23-11-7-10-22-23/h6-12,15H,4-5,13-14H2,1-3H3,(H2,19,20,21). The number of nitrogens with zero attached hydrogens (tertiary/aromatic N) is 3. The number of nitrogens with one attached hydrogen (secondary N) is 2. The summed E-state index contributed by atoms with van der Waals surface area (Å²) < 4.78 is 1.86. The van der Waals surface area contributed by atoms with Gasteiger partial charge in [0.05, 0.1) is 5.69 Å². The third kappa shape index (κ3) is 5.13. The number of hydrogen-bond donors (Lipinski definition) is 2. The van der Waals surface area contributed by atoms with Crippen molar-refractivity contribution in [2.75, 3.05) is 13.6 Å². The van der Waals surface area contributed by atoms with Gasteiger partial charge in [-0.25, -0.2) is 4.68 Å². The fourth-order valence-corrected chi connectivity index (χ4v) is 2.46. The summed E-state index contributed by atoms with van der Waals surface area (Å²) in [6.45, 7) is 6.15. The lowest BCUT2D eigenvalue weighted by molar-refractivity contribution is 0.481. The summed E-state index contributed by atoms with van der Waals surface area (Å²) >= 11 is 0. The van der Waals surface area contributed by atoms with Gasteiger partial charge in [-0.1, -0.05) is 38.8 Å². The van der Waals surface area contributed by atoms with Crippen LogP contribution in [0, 0.1) is 5.92 Å². The van der Waals surface area contributed by atoms with Crippen LogP contribution in [-0.4, -0.2) is 29.3 Å². The highest BCUT2D eigenvalue weighted by Crippen LogP contribution is 2.09. The van der Waals surface area contributed by atoms with E-state index in [9.17, 15) is 0 Å². The summed E-state index contributed by atoms with van der Waals surface area (Å²) in [6.07, 6.45) is 6.11. The molecule has 2 rings (SSSR count). The topological polar surface area (TPSA) is 54.2 Å². The monoisotopic (exact) mass is 313 g/mol. The molecule has 0 atom stereocenters. The average molecular weight is 313 g/mol. The van der Waals surface area contributed by atoms with Crippen LogP contribution in [0.25, 0.3) is 5.69 Å². The summed E-state index contributed by atoms with van der Waals surface area (Å²) in [5, 5.41) is 11.0. The largest absolute Gasteiger partial charge is 0.356 e. The van der Waals surface area contributed by atoms with E-state index in [0.717, 1.165) is 24.7 Å². The van der Waals surface area contributed by atoms with Gasteiger partial charge in [-0.05, 0) is 29.7 Å². The van der Waals surface area contributed by atoms with Crippen LogP contribution in [0.15, 0.2) is 47.7 Å². The molecule has 124 valence electrons. The third-order valence-corrected chi connectivity index (χ3v) is 4.08. The van der Waals surface area contributed by atoms with E-state index in [0.29, 0.717) is 5.92 Å². The molecule has 0 saturated heterocycles. The number of aliphatic imine (C=N–C) groups is 1. The second kappa shape index (κ2) is 8.98. The molecule has 0 radical (unpaired) electrons. The number of hydrogen-bond acceptors (Lipinski definition) is 2. The Labute approximate surface area is 138 Å². The lowest BCUT2D eigenvalue weighted by Crippen LogP contribution is -2.39.